The first-order chi connectivity index (χ1) is 15.2. The molecule has 0 aromatic heterocycles. The summed E-state index contributed by atoms with van der Waals surface area (Å²) in [6.07, 6.45) is -0.390. The van der Waals surface area contributed by atoms with Crippen LogP contribution in [0.1, 0.15) is 38.1 Å². The molecule has 8 nitrogen and oxygen atoms in total. The van der Waals surface area contributed by atoms with Crippen LogP contribution in [0, 0.1) is 0 Å². The number of benzene rings is 2. The molecule has 1 fully saturated rings. The van der Waals surface area contributed by atoms with Gasteiger partial charge < -0.3 is 19.5 Å². The predicted molar refractivity (Wildman–Crippen MR) is 122 cm³/mol. The molecule has 1 aliphatic rings. The maximum absolute atomic E-state index is 13.1. The largest absolute Gasteiger partial charge is 0.490 e. The molecule has 174 valence electrons. The molecule has 0 spiro atoms. The van der Waals surface area contributed by atoms with Crippen LogP contribution in [0.25, 0.3) is 0 Å². The Morgan fingerprint density at radius 1 is 1.03 bits per heavy atom. The van der Waals surface area contributed by atoms with Gasteiger partial charge in [-0.1, -0.05) is 6.07 Å². The smallest absolute Gasteiger partial charge is 0.255 e. The van der Waals surface area contributed by atoms with Crippen molar-refractivity contribution in [2.45, 2.75) is 44.8 Å². The number of hydrogen-bond acceptors (Lipinski definition) is 6. The predicted octanol–water partition coefficient (Wildman–Crippen LogP) is 3.53. The summed E-state index contributed by atoms with van der Waals surface area (Å²) < 4.78 is 44.5. The SMILES string of the molecule is CCOc1ccc(NC(=O)c2cccc(S(=O)(=O)N3CC(C)OC(C)C3)c2)cc1OCC. The number of hydrogen-bond donors (Lipinski definition) is 1. The molecule has 1 N–H and O–H groups in total. The van der Waals surface area contributed by atoms with Crippen molar-refractivity contribution >= 4 is 21.6 Å². The summed E-state index contributed by atoms with van der Waals surface area (Å²) in [6, 6.07) is 11.2. The molecule has 0 aliphatic carbocycles. The molecule has 1 heterocycles. The Labute approximate surface area is 189 Å². The molecule has 0 saturated carbocycles. The Morgan fingerprint density at radius 2 is 1.69 bits per heavy atom. The van der Waals surface area contributed by atoms with E-state index in [-0.39, 0.29) is 35.8 Å². The second-order valence-electron chi connectivity index (χ2n) is 7.59. The Hall–Kier alpha value is -2.62. The third-order valence-corrected chi connectivity index (χ3v) is 6.75. The van der Waals surface area contributed by atoms with Crippen LogP contribution in [-0.2, 0) is 14.8 Å². The average Bonchev–Trinajstić information content (AvgIpc) is 2.75. The Kier molecular flexibility index (Phi) is 7.76. The molecule has 0 radical (unpaired) electrons. The first-order valence-corrected chi connectivity index (χ1v) is 12.1. The zero-order valence-electron chi connectivity index (χ0n) is 18.8. The van der Waals surface area contributed by atoms with E-state index in [0.29, 0.717) is 30.4 Å². The van der Waals surface area contributed by atoms with Crippen molar-refractivity contribution in [2.24, 2.45) is 0 Å². The lowest BCUT2D eigenvalue weighted by Crippen LogP contribution is -2.48. The lowest BCUT2D eigenvalue weighted by Gasteiger charge is -2.34. The summed E-state index contributed by atoms with van der Waals surface area (Å²) in [4.78, 5) is 12.9. The molecule has 3 rings (SSSR count). The molecule has 1 amide bonds. The van der Waals surface area contributed by atoms with Crippen molar-refractivity contribution in [2.75, 3.05) is 31.6 Å². The number of nitrogens with one attached hydrogen (secondary N) is 1. The minimum Gasteiger partial charge on any atom is -0.490 e. The summed E-state index contributed by atoms with van der Waals surface area (Å²) in [5.74, 6) is 0.700. The van der Waals surface area contributed by atoms with Crippen LogP contribution in [0.3, 0.4) is 0 Å². The van der Waals surface area contributed by atoms with E-state index in [1.165, 1.54) is 16.4 Å². The zero-order chi connectivity index (χ0) is 23.3. The number of sulfonamides is 1. The number of morpholine rings is 1. The van der Waals surface area contributed by atoms with Crippen molar-refractivity contribution in [3.63, 3.8) is 0 Å². The molecule has 2 unspecified atom stereocenters. The Morgan fingerprint density at radius 3 is 2.34 bits per heavy atom. The van der Waals surface area contributed by atoms with Crippen LogP contribution >= 0.6 is 0 Å². The number of rotatable bonds is 8. The van der Waals surface area contributed by atoms with Gasteiger partial charge in [0.15, 0.2) is 11.5 Å². The lowest BCUT2D eigenvalue weighted by molar-refractivity contribution is -0.0440. The molecular formula is C23H30N2O6S. The lowest BCUT2D eigenvalue weighted by atomic mass is 10.2. The van der Waals surface area contributed by atoms with E-state index < -0.39 is 15.9 Å². The van der Waals surface area contributed by atoms with E-state index in [1.54, 1.807) is 30.3 Å². The van der Waals surface area contributed by atoms with Gasteiger partial charge in [-0.3, -0.25) is 4.79 Å². The third-order valence-electron chi connectivity index (χ3n) is 4.92. The molecule has 2 aromatic rings. The molecule has 1 saturated heterocycles. The number of carbonyl (C=O) groups is 1. The quantitative estimate of drug-likeness (QED) is 0.645. The van der Waals surface area contributed by atoms with Crippen LogP contribution in [0.5, 0.6) is 11.5 Å². The Bertz CT molecular complexity index is 1050. The highest BCUT2D eigenvalue weighted by atomic mass is 32.2. The third kappa shape index (κ3) is 5.59. The molecule has 9 heteroatoms. The molecule has 32 heavy (non-hydrogen) atoms. The first-order valence-electron chi connectivity index (χ1n) is 10.7. The number of ether oxygens (including phenoxy) is 3. The molecule has 2 atom stereocenters. The molecular weight excluding hydrogens is 432 g/mol. The van der Waals surface area contributed by atoms with E-state index in [0.717, 1.165) is 0 Å². The zero-order valence-corrected chi connectivity index (χ0v) is 19.6. The van der Waals surface area contributed by atoms with Crippen LogP contribution in [0.2, 0.25) is 0 Å². The normalized spacial score (nSPS) is 19.4. The highest BCUT2D eigenvalue weighted by Gasteiger charge is 2.32. The Balaban J connectivity index is 1.80. The summed E-state index contributed by atoms with van der Waals surface area (Å²) in [5.41, 5.74) is 0.762. The van der Waals surface area contributed by atoms with Gasteiger partial charge in [-0.15, -0.1) is 0 Å². The van der Waals surface area contributed by atoms with Crippen molar-refractivity contribution in [3.05, 3.63) is 48.0 Å². The van der Waals surface area contributed by atoms with Gasteiger partial charge in [0.2, 0.25) is 10.0 Å². The second-order valence-corrected chi connectivity index (χ2v) is 9.53. The fourth-order valence-electron chi connectivity index (χ4n) is 3.61. The molecule has 1 aliphatic heterocycles. The average molecular weight is 463 g/mol. The van der Waals surface area contributed by atoms with Crippen molar-refractivity contribution in [1.82, 2.24) is 4.31 Å². The van der Waals surface area contributed by atoms with Crippen LogP contribution in [0.4, 0.5) is 5.69 Å². The van der Waals surface area contributed by atoms with Gasteiger partial charge in [0.1, 0.15) is 0 Å². The van der Waals surface area contributed by atoms with E-state index in [9.17, 15) is 13.2 Å². The van der Waals surface area contributed by atoms with Crippen molar-refractivity contribution in [3.8, 4) is 11.5 Å². The van der Waals surface area contributed by atoms with Crippen LogP contribution < -0.4 is 14.8 Å². The van der Waals surface area contributed by atoms with E-state index >= 15 is 0 Å². The van der Waals surface area contributed by atoms with Gasteiger partial charge in [-0.25, -0.2) is 8.42 Å². The van der Waals surface area contributed by atoms with Gasteiger partial charge in [-0.2, -0.15) is 4.31 Å². The van der Waals surface area contributed by atoms with Crippen LogP contribution in [0.15, 0.2) is 47.4 Å². The maximum atomic E-state index is 13.1. The summed E-state index contributed by atoms with van der Waals surface area (Å²) in [5, 5.41) is 2.80. The van der Waals surface area contributed by atoms with Gasteiger partial charge in [0.05, 0.1) is 30.3 Å². The second kappa shape index (κ2) is 10.3. The topological polar surface area (TPSA) is 94.2 Å². The molecule has 2 aromatic carbocycles. The minimum absolute atomic E-state index is 0.0770. The van der Waals surface area contributed by atoms with Gasteiger partial charge in [-0.05, 0) is 58.0 Å². The van der Waals surface area contributed by atoms with Gasteiger partial charge in [0, 0.05) is 30.4 Å². The van der Waals surface area contributed by atoms with E-state index in [4.69, 9.17) is 14.2 Å². The summed E-state index contributed by atoms with van der Waals surface area (Å²) in [7, 11) is -3.75. The van der Waals surface area contributed by atoms with Gasteiger partial charge in [0.25, 0.3) is 5.91 Å². The first kappa shape index (κ1) is 24.0. The highest BCUT2D eigenvalue weighted by Crippen LogP contribution is 2.31. The van der Waals surface area contributed by atoms with E-state index in [2.05, 4.69) is 5.32 Å². The highest BCUT2D eigenvalue weighted by molar-refractivity contribution is 7.89. The number of carbonyl (C=O) groups excluding carboxylic acids is 1. The summed E-state index contributed by atoms with van der Waals surface area (Å²) in [6.45, 7) is 8.92. The molecule has 0 bridgehead atoms. The van der Waals surface area contributed by atoms with Crippen molar-refractivity contribution < 1.29 is 27.4 Å². The van der Waals surface area contributed by atoms with Gasteiger partial charge >= 0.3 is 0 Å². The standard InChI is InChI=1S/C23H30N2O6S/c1-5-29-21-11-10-19(13-22(21)30-6-2)24-23(26)18-8-7-9-20(12-18)32(27,28)25-14-16(3)31-17(4)15-25/h7-13,16-17H,5-6,14-15H2,1-4H3,(H,24,26). The number of amides is 1. The number of anilines is 1. The van der Waals surface area contributed by atoms with Crippen molar-refractivity contribution in [1.29, 1.82) is 0 Å². The van der Waals surface area contributed by atoms with E-state index in [1.807, 2.05) is 27.7 Å². The monoisotopic (exact) mass is 462 g/mol. The fraction of sp³-hybridized carbons (Fsp3) is 0.435. The minimum atomic E-state index is -3.75. The number of nitrogens with zero attached hydrogens (tertiary/aromatic N) is 1. The fourth-order valence-corrected chi connectivity index (χ4v) is 5.24. The summed E-state index contributed by atoms with van der Waals surface area (Å²) >= 11 is 0. The maximum Gasteiger partial charge on any atom is 0.255 e. The van der Waals surface area contributed by atoms with Crippen LogP contribution in [-0.4, -0.2) is 57.1 Å².